The first kappa shape index (κ1) is 36.1. The third kappa shape index (κ3) is 8.33. The number of fused-ring (bicyclic) bond motifs is 1. The second-order valence-corrected chi connectivity index (χ2v) is 14.2. The van der Waals surface area contributed by atoms with E-state index >= 15 is 8.78 Å². The van der Waals surface area contributed by atoms with Gasteiger partial charge in [0.05, 0.1) is 12.7 Å². The van der Waals surface area contributed by atoms with Crippen LogP contribution < -0.4 is 25.4 Å². The highest BCUT2D eigenvalue weighted by Gasteiger charge is 2.60. The van der Waals surface area contributed by atoms with Crippen molar-refractivity contribution in [3.63, 3.8) is 0 Å². The quantitative estimate of drug-likeness (QED) is 0.181. The van der Waals surface area contributed by atoms with Crippen molar-refractivity contribution in [2.45, 2.75) is 83.1 Å². The van der Waals surface area contributed by atoms with Gasteiger partial charge in [-0.1, -0.05) is 18.2 Å². The van der Waals surface area contributed by atoms with E-state index in [0.717, 1.165) is 17.8 Å². The van der Waals surface area contributed by atoms with Crippen molar-refractivity contribution in [3.05, 3.63) is 82.4 Å². The van der Waals surface area contributed by atoms with E-state index in [-0.39, 0.29) is 17.1 Å². The summed E-state index contributed by atoms with van der Waals surface area (Å²) in [6, 6.07) is 12.5. The molecule has 0 saturated carbocycles. The van der Waals surface area contributed by atoms with Gasteiger partial charge in [0.2, 0.25) is 6.23 Å². The molecule has 5 atom stereocenters. The smallest absolute Gasteiger partial charge is 0.459 e. The van der Waals surface area contributed by atoms with Gasteiger partial charge in [-0.05, 0) is 76.6 Å². The first-order valence-electron chi connectivity index (χ1n) is 15.4. The van der Waals surface area contributed by atoms with Crippen LogP contribution >= 0.6 is 7.75 Å². The zero-order valence-corrected chi connectivity index (χ0v) is 28.2. The molecule has 1 saturated heterocycles. The topological polar surface area (TPSA) is 177 Å². The van der Waals surface area contributed by atoms with E-state index in [9.17, 15) is 24.1 Å². The summed E-state index contributed by atoms with van der Waals surface area (Å²) in [6.07, 6.45) is -5.64. The Kier molecular flexibility index (Phi) is 10.3. The maximum atomic E-state index is 15.3. The summed E-state index contributed by atoms with van der Waals surface area (Å²) < 4.78 is 72.1. The molecule has 3 heterocycles. The largest absolute Gasteiger partial charge is 0.487 e. The minimum atomic E-state index is -4.49. The number of halogens is 2. The molecular weight excluding hydrogens is 669 g/mol. The molecule has 49 heavy (non-hydrogen) atoms. The molecule has 14 nitrogen and oxygen atoms in total. The number of carbonyl (C=O) groups excluding carboxylic acids is 2. The fraction of sp³-hybridized carbons (Fsp3) is 0.438. The van der Waals surface area contributed by atoms with Crippen LogP contribution in [0.25, 0.3) is 0 Å². The lowest BCUT2D eigenvalue weighted by Gasteiger charge is -2.25. The van der Waals surface area contributed by atoms with Crippen LogP contribution in [0.1, 0.15) is 56.8 Å². The van der Waals surface area contributed by atoms with Crippen LogP contribution in [0.4, 0.5) is 14.6 Å². The number of benzene rings is 2. The molecule has 2 aromatic carbocycles. The van der Waals surface area contributed by atoms with Crippen molar-refractivity contribution < 1.29 is 51.3 Å². The first-order valence-corrected chi connectivity index (χ1v) is 16.9. The van der Waals surface area contributed by atoms with Crippen molar-refractivity contribution in [3.8, 4) is 11.5 Å². The van der Waals surface area contributed by atoms with Crippen LogP contribution in [0.15, 0.2) is 65.6 Å². The average molecular weight is 707 g/mol. The van der Waals surface area contributed by atoms with E-state index in [1.54, 1.807) is 50.2 Å². The van der Waals surface area contributed by atoms with Crippen molar-refractivity contribution in [1.82, 2.24) is 14.6 Å². The lowest BCUT2D eigenvalue weighted by atomic mass is 10.00. The average Bonchev–Trinajstić information content (AvgIpc) is 3.45. The third-order valence-electron chi connectivity index (χ3n) is 7.46. The molecule has 2 unspecified atom stereocenters. The number of aliphatic hydroxyl groups excluding tert-OH is 1. The van der Waals surface area contributed by atoms with Crippen molar-refractivity contribution in [1.29, 1.82) is 0 Å². The summed E-state index contributed by atoms with van der Waals surface area (Å²) in [7, 11) is -4.49. The van der Waals surface area contributed by atoms with Gasteiger partial charge in [0.25, 0.3) is 5.91 Å². The number of nitrogens with one attached hydrogen (secondary N) is 2. The van der Waals surface area contributed by atoms with Crippen LogP contribution in [-0.4, -0.2) is 69.0 Å². The van der Waals surface area contributed by atoms with Gasteiger partial charge in [-0.3, -0.25) is 18.7 Å². The Bertz CT molecular complexity index is 1810. The van der Waals surface area contributed by atoms with Gasteiger partial charge in [0, 0.05) is 18.2 Å². The van der Waals surface area contributed by atoms with Crippen LogP contribution in [-0.2, 0) is 29.8 Å². The minimum Gasteiger partial charge on any atom is -0.487 e. The molecule has 3 aromatic rings. The fourth-order valence-electron chi connectivity index (χ4n) is 5.21. The monoisotopic (exact) mass is 706 g/mol. The third-order valence-corrected chi connectivity index (χ3v) is 9.11. The lowest BCUT2D eigenvalue weighted by Crippen LogP contribution is -2.42. The Morgan fingerprint density at radius 3 is 2.53 bits per heavy atom. The predicted molar refractivity (Wildman–Crippen MR) is 171 cm³/mol. The highest BCUT2D eigenvalue weighted by atomic mass is 31.2. The Morgan fingerprint density at radius 1 is 1.14 bits per heavy atom. The number of amides is 1. The first-order chi connectivity index (χ1) is 23.0. The molecule has 1 fully saturated rings. The van der Waals surface area contributed by atoms with E-state index in [4.69, 9.17) is 23.3 Å². The number of rotatable bonds is 12. The molecule has 0 bridgehead atoms. The normalized spacial score (nSPS) is 22.4. The van der Waals surface area contributed by atoms with E-state index in [0.29, 0.717) is 16.7 Å². The van der Waals surface area contributed by atoms with E-state index in [2.05, 4.69) is 15.4 Å². The fourth-order valence-corrected chi connectivity index (χ4v) is 6.71. The van der Waals surface area contributed by atoms with Crippen LogP contribution in [0.3, 0.4) is 0 Å². The van der Waals surface area contributed by atoms with Crippen LogP contribution in [0.2, 0.25) is 0 Å². The second-order valence-electron chi connectivity index (χ2n) is 12.5. The van der Waals surface area contributed by atoms with Crippen molar-refractivity contribution in [2.75, 3.05) is 11.9 Å². The van der Waals surface area contributed by atoms with E-state index in [1.807, 2.05) is 13.8 Å². The number of para-hydroxylation sites is 1. The van der Waals surface area contributed by atoms with Gasteiger partial charge in [-0.15, -0.1) is 0 Å². The molecule has 264 valence electrons. The molecule has 1 amide bonds. The van der Waals surface area contributed by atoms with Gasteiger partial charge in [0.15, 0.2) is 6.10 Å². The summed E-state index contributed by atoms with van der Waals surface area (Å²) in [5.41, 5.74) is -0.518. The number of aliphatic hydroxyl groups is 1. The van der Waals surface area contributed by atoms with Crippen LogP contribution in [0.5, 0.6) is 11.5 Å². The SMILES string of the molecule is CC(C)OC(=O)[C@@H](C)NP(=O)(OC[C@H]1OC(n2ccc(NC(=O)c3ccc4c(c3)CC(C)(C)O4)nc2=O)C(F)(F)[C@@H]1O)Oc1ccccc1. The number of ether oxygens (including phenoxy) is 3. The number of aromatic nitrogens is 2. The van der Waals surface area contributed by atoms with E-state index < -0.39 is 74.0 Å². The Hall–Kier alpha value is -4.21. The number of hydrogen-bond acceptors (Lipinski definition) is 11. The Labute approximate surface area is 280 Å². The molecule has 0 radical (unpaired) electrons. The molecule has 0 spiro atoms. The summed E-state index contributed by atoms with van der Waals surface area (Å²) in [5.74, 6) is -4.89. The molecule has 3 N–H and O–H groups in total. The number of anilines is 1. The Balaban J connectivity index is 1.28. The lowest BCUT2D eigenvalue weighted by molar-refractivity contribution is -0.149. The summed E-state index contributed by atoms with van der Waals surface area (Å²) in [5, 5.41) is 15.4. The standard InChI is InChI=1S/C32H37F2N4O10P/c1-18(2)45-28(41)19(3)37-49(43,48-22-9-7-6-8-10-22)44-17-24-26(39)32(33,34)29(46-24)38-14-13-25(36-30(38)42)35-27(40)20-11-12-23-21(15-20)16-31(4,5)47-23/h6-15,18-19,24,26,29,39H,16-17H2,1-5H3,(H,37,43)(H,35,36,40,42)/t19-,24-,26-,29?,49?/m1/s1. The number of nitrogens with zero attached hydrogens (tertiary/aromatic N) is 2. The highest BCUT2D eigenvalue weighted by molar-refractivity contribution is 7.52. The Morgan fingerprint density at radius 2 is 1.86 bits per heavy atom. The maximum Gasteiger partial charge on any atom is 0.459 e. The number of hydrogen-bond donors (Lipinski definition) is 3. The molecule has 2 aliphatic rings. The van der Waals surface area contributed by atoms with Gasteiger partial charge >= 0.3 is 25.3 Å². The van der Waals surface area contributed by atoms with Crippen molar-refractivity contribution >= 4 is 25.4 Å². The van der Waals surface area contributed by atoms with E-state index in [1.165, 1.54) is 19.1 Å². The highest BCUT2D eigenvalue weighted by Crippen LogP contribution is 2.48. The number of carbonyl (C=O) groups is 2. The zero-order chi connectivity index (χ0) is 35.7. The van der Waals surface area contributed by atoms with Crippen molar-refractivity contribution in [2.24, 2.45) is 0 Å². The van der Waals surface area contributed by atoms with Gasteiger partial charge in [-0.25, -0.2) is 9.36 Å². The predicted octanol–water partition coefficient (Wildman–Crippen LogP) is 4.24. The van der Waals surface area contributed by atoms with Gasteiger partial charge in [-0.2, -0.15) is 18.9 Å². The minimum absolute atomic E-state index is 0.0674. The number of alkyl halides is 2. The van der Waals surface area contributed by atoms with Crippen LogP contribution in [0, 0.1) is 0 Å². The molecule has 2 aliphatic heterocycles. The maximum absolute atomic E-state index is 15.3. The molecule has 17 heteroatoms. The molecular formula is C32H37F2N4O10P. The summed E-state index contributed by atoms with van der Waals surface area (Å²) in [6.45, 7) is 7.51. The molecule has 1 aromatic heterocycles. The second kappa shape index (κ2) is 14.0. The summed E-state index contributed by atoms with van der Waals surface area (Å²) in [4.78, 5) is 41.9. The number of esters is 1. The zero-order valence-electron chi connectivity index (χ0n) is 27.3. The molecule has 0 aliphatic carbocycles. The van der Waals surface area contributed by atoms with Gasteiger partial charge in [0.1, 0.15) is 35.1 Å². The van der Waals surface area contributed by atoms with Gasteiger partial charge < -0.3 is 29.2 Å². The molecule has 5 rings (SSSR count). The summed E-state index contributed by atoms with van der Waals surface area (Å²) >= 11 is 0.